The molecule has 0 aliphatic heterocycles. The molecule has 1 atom stereocenters. The summed E-state index contributed by atoms with van der Waals surface area (Å²) >= 11 is 1.52. The number of benzene rings is 1. The summed E-state index contributed by atoms with van der Waals surface area (Å²) in [4.78, 5) is 18.0. The lowest BCUT2D eigenvalue weighted by molar-refractivity contribution is 0.0931. The number of nitrogens with one attached hydrogen (secondary N) is 2. The lowest BCUT2D eigenvalue weighted by Crippen LogP contribution is -2.31. The van der Waals surface area contributed by atoms with Crippen molar-refractivity contribution in [1.29, 1.82) is 0 Å². The van der Waals surface area contributed by atoms with Crippen LogP contribution in [0.4, 0.5) is 0 Å². The van der Waals surface area contributed by atoms with Crippen molar-refractivity contribution < 1.29 is 9.53 Å². The van der Waals surface area contributed by atoms with Crippen LogP contribution in [0.25, 0.3) is 15.9 Å². The molecule has 5 rings (SSSR count). The highest BCUT2D eigenvalue weighted by Gasteiger charge is 2.29. The molecule has 0 fully saturated rings. The molecule has 1 amide bonds. The summed E-state index contributed by atoms with van der Waals surface area (Å²) in [6, 6.07) is 5.99. The smallest absolute Gasteiger partial charge is 0.255 e. The topological polar surface area (TPSA) is 97.7 Å². The Morgan fingerprint density at radius 2 is 2.23 bits per heavy atom. The Bertz CT molecular complexity index is 1240. The third-order valence-corrected chi connectivity index (χ3v) is 7.07. The number of aromatic amines is 1. The van der Waals surface area contributed by atoms with Gasteiger partial charge in [-0.15, -0.1) is 16.4 Å². The maximum absolute atomic E-state index is 13.4. The van der Waals surface area contributed by atoms with E-state index in [0.717, 1.165) is 51.7 Å². The number of aryl methyl sites for hydroxylation is 2. The number of thiophene rings is 1. The molecule has 0 spiro atoms. The molecule has 8 nitrogen and oxygen atoms in total. The minimum absolute atomic E-state index is 0.0685. The standard InChI is InChI=1S/C21H22N6O2S/c1-11-12(2)30-21(27-10-22-25-26-27)18(11)20(28)24-17-6-4-5-14-15-9-13(29-3)7-8-16(15)23-19(14)17/h7-10,17,23H,4-6H2,1-3H3,(H,24,28)/t17-/m0/s1. The highest BCUT2D eigenvalue weighted by molar-refractivity contribution is 7.15. The van der Waals surface area contributed by atoms with Crippen molar-refractivity contribution in [3.05, 3.63) is 51.8 Å². The number of tetrazole rings is 1. The Hall–Kier alpha value is -3.20. The van der Waals surface area contributed by atoms with Crippen molar-refractivity contribution in [2.45, 2.75) is 39.2 Å². The highest BCUT2D eigenvalue weighted by Crippen LogP contribution is 2.37. The van der Waals surface area contributed by atoms with E-state index in [2.05, 4.69) is 31.9 Å². The first-order valence-corrected chi connectivity index (χ1v) is 10.7. The first-order chi connectivity index (χ1) is 14.6. The molecule has 0 saturated heterocycles. The van der Waals surface area contributed by atoms with E-state index in [9.17, 15) is 4.79 Å². The molecule has 0 saturated carbocycles. The van der Waals surface area contributed by atoms with Crippen molar-refractivity contribution in [1.82, 2.24) is 30.5 Å². The van der Waals surface area contributed by atoms with Gasteiger partial charge in [0, 0.05) is 21.5 Å². The number of amides is 1. The third-order valence-electron chi connectivity index (χ3n) is 5.87. The summed E-state index contributed by atoms with van der Waals surface area (Å²) in [6.45, 7) is 3.98. The van der Waals surface area contributed by atoms with E-state index in [1.54, 1.807) is 11.8 Å². The van der Waals surface area contributed by atoms with Crippen LogP contribution >= 0.6 is 11.3 Å². The van der Waals surface area contributed by atoms with Gasteiger partial charge in [-0.25, -0.2) is 0 Å². The predicted octanol–water partition coefficient (Wildman–Crippen LogP) is 3.64. The maximum atomic E-state index is 13.4. The molecule has 3 aromatic heterocycles. The number of methoxy groups -OCH3 is 1. The van der Waals surface area contributed by atoms with Crippen LogP contribution in [0.2, 0.25) is 0 Å². The average molecular weight is 423 g/mol. The Labute approximate surface area is 177 Å². The van der Waals surface area contributed by atoms with Crippen LogP contribution in [0.15, 0.2) is 24.5 Å². The molecular weight excluding hydrogens is 400 g/mol. The molecule has 3 heterocycles. The fraction of sp³-hybridized carbons (Fsp3) is 0.333. The van der Waals surface area contributed by atoms with Gasteiger partial charge in [-0.05, 0) is 72.9 Å². The lowest BCUT2D eigenvalue weighted by atomic mass is 9.91. The van der Waals surface area contributed by atoms with Gasteiger partial charge in [-0.1, -0.05) is 0 Å². The number of H-pyrrole nitrogens is 1. The fourth-order valence-corrected chi connectivity index (χ4v) is 5.31. The number of ether oxygens (including phenoxy) is 1. The van der Waals surface area contributed by atoms with Crippen LogP contribution in [0.3, 0.4) is 0 Å². The number of fused-ring (bicyclic) bond motifs is 3. The normalized spacial score (nSPS) is 15.9. The minimum Gasteiger partial charge on any atom is -0.497 e. The second-order valence-electron chi connectivity index (χ2n) is 7.56. The van der Waals surface area contributed by atoms with E-state index < -0.39 is 0 Å². The second kappa shape index (κ2) is 7.24. The van der Waals surface area contributed by atoms with Gasteiger partial charge in [0.15, 0.2) is 0 Å². The van der Waals surface area contributed by atoms with E-state index in [0.29, 0.717) is 5.56 Å². The molecule has 30 heavy (non-hydrogen) atoms. The summed E-state index contributed by atoms with van der Waals surface area (Å²) in [6.07, 6.45) is 4.42. The van der Waals surface area contributed by atoms with Gasteiger partial charge in [-0.2, -0.15) is 4.68 Å². The van der Waals surface area contributed by atoms with E-state index in [-0.39, 0.29) is 11.9 Å². The number of hydrogen-bond acceptors (Lipinski definition) is 6. The Morgan fingerprint density at radius 3 is 3.00 bits per heavy atom. The van der Waals surface area contributed by atoms with E-state index in [4.69, 9.17) is 4.74 Å². The van der Waals surface area contributed by atoms with Crippen molar-refractivity contribution in [2.75, 3.05) is 7.11 Å². The predicted molar refractivity (Wildman–Crippen MR) is 115 cm³/mol. The molecule has 154 valence electrons. The van der Waals surface area contributed by atoms with Gasteiger partial charge in [0.2, 0.25) is 0 Å². The van der Waals surface area contributed by atoms with Gasteiger partial charge in [0.05, 0.1) is 18.7 Å². The van der Waals surface area contributed by atoms with Crippen molar-refractivity contribution >= 4 is 28.1 Å². The summed E-state index contributed by atoms with van der Waals surface area (Å²) in [5, 5.41) is 16.6. The molecule has 0 bridgehead atoms. The Balaban J connectivity index is 1.51. The van der Waals surface area contributed by atoms with Crippen LogP contribution in [0, 0.1) is 13.8 Å². The molecule has 1 aromatic carbocycles. The molecule has 0 unspecified atom stereocenters. The summed E-state index contributed by atoms with van der Waals surface area (Å²) in [7, 11) is 1.68. The lowest BCUT2D eigenvalue weighted by Gasteiger charge is -2.24. The number of hydrogen-bond donors (Lipinski definition) is 2. The van der Waals surface area contributed by atoms with E-state index >= 15 is 0 Å². The zero-order valence-electron chi connectivity index (χ0n) is 17.0. The van der Waals surface area contributed by atoms with Crippen LogP contribution < -0.4 is 10.1 Å². The molecule has 4 aromatic rings. The molecule has 9 heteroatoms. The zero-order chi connectivity index (χ0) is 20.8. The number of carbonyl (C=O) groups is 1. The van der Waals surface area contributed by atoms with Crippen LogP contribution in [-0.2, 0) is 6.42 Å². The number of aromatic nitrogens is 5. The molecule has 1 aliphatic carbocycles. The minimum atomic E-state index is -0.101. The van der Waals surface area contributed by atoms with Gasteiger partial charge >= 0.3 is 0 Å². The third kappa shape index (κ3) is 2.97. The fourth-order valence-electron chi connectivity index (χ4n) is 4.24. The first-order valence-electron chi connectivity index (χ1n) is 9.89. The van der Waals surface area contributed by atoms with E-state index in [1.807, 2.05) is 26.0 Å². The SMILES string of the molecule is COc1ccc2[nH]c3c(c2c1)CCC[C@@H]3NC(=O)c1c(-n2cnnn2)sc(C)c1C. The summed E-state index contributed by atoms with van der Waals surface area (Å²) < 4.78 is 6.95. The quantitative estimate of drug-likeness (QED) is 0.523. The number of rotatable bonds is 4. The number of carbonyl (C=O) groups excluding carboxylic acids is 1. The average Bonchev–Trinajstić information content (AvgIpc) is 3.46. The van der Waals surface area contributed by atoms with Crippen LogP contribution in [0.5, 0.6) is 5.75 Å². The van der Waals surface area contributed by atoms with E-state index in [1.165, 1.54) is 28.6 Å². The Kier molecular flexibility index (Phi) is 4.54. The van der Waals surface area contributed by atoms with Gasteiger partial charge in [0.1, 0.15) is 17.1 Å². The largest absolute Gasteiger partial charge is 0.497 e. The monoisotopic (exact) mass is 422 g/mol. The second-order valence-corrected chi connectivity index (χ2v) is 8.77. The first kappa shape index (κ1) is 18.8. The zero-order valence-corrected chi connectivity index (χ0v) is 17.8. The van der Waals surface area contributed by atoms with Gasteiger partial charge in [0.25, 0.3) is 5.91 Å². The molecular formula is C21H22N6O2S. The van der Waals surface area contributed by atoms with Gasteiger partial charge < -0.3 is 15.0 Å². The maximum Gasteiger partial charge on any atom is 0.255 e. The summed E-state index contributed by atoms with van der Waals surface area (Å²) in [5.41, 5.74) is 5.01. The Morgan fingerprint density at radius 1 is 1.37 bits per heavy atom. The van der Waals surface area contributed by atoms with Crippen LogP contribution in [-0.4, -0.2) is 38.2 Å². The van der Waals surface area contributed by atoms with Crippen molar-refractivity contribution in [3.63, 3.8) is 0 Å². The summed E-state index contributed by atoms with van der Waals surface area (Å²) in [5.74, 6) is 0.738. The van der Waals surface area contributed by atoms with Crippen molar-refractivity contribution in [2.24, 2.45) is 0 Å². The van der Waals surface area contributed by atoms with Gasteiger partial charge in [-0.3, -0.25) is 4.79 Å². The molecule has 2 N–H and O–H groups in total. The number of nitrogens with zero attached hydrogens (tertiary/aromatic N) is 4. The van der Waals surface area contributed by atoms with Crippen molar-refractivity contribution in [3.8, 4) is 10.8 Å². The highest BCUT2D eigenvalue weighted by atomic mass is 32.1. The molecule has 0 radical (unpaired) electrons. The molecule has 1 aliphatic rings. The van der Waals surface area contributed by atoms with Crippen LogP contribution in [0.1, 0.15) is 50.9 Å².